The van der Waals surface area contributed by atoms with Crippen LogP contribution in [-0.2, 0) is 20.7 Å². The third-order valence-corrected chi connectivity index (χ3v) is 6.18. The monoisotopic (exact) mass is 524 g/mol. The highest BCUT2D eigenvalue weighted by molar-refractivity contribution is 6.35. The predicted octanol–water partition coefficient (Wildman–Crippen LogP) is 5.63. The van der Waals surface area contributed by atoms with Gasteiger partial charge in [0.25, 0.3) is 0 Å². The zero-order valence-corrected chi connectivity index (χ0v) is 22.0. The van der Waals surface area contributed by atoms with E-state index in [1.807, 2.05) is 0 Å². The van der Waals surface area contributed by atoms with Crippen molar-refractivity contribution in [2.45, 2.75) is 57.8 Å². The smallest absolute Gasteiger partial charge is 0.411 e. The number of pyridine rings is 1. The summed E-state index contributed by atoms with van der Waals surface area (Å²) in [6.45, 7) is 5.76. The van der Waals surface area contributed by atoms with E-state index < -0.39 is 29.8 Å². The first kappa shape index (κ1) is 26.9. The third kappa shape index (κ3) is 6.70. The summed E-state index contributed by atoms with van der Waals surface area (Å²) in [6.07, 6.45) is 3.01. The van der Waals surface area contributed by atoms with Crippen LogP contribution in [0, 0.1) is 0 Å². The number of hydrogen-bond donors (Lipinski definition) is 0. The molecule has 1 aromatic carbocycles. The van der Waals surface area contributed by atoms with Crippen molar-refractivity contribution in [2.75, 3.05) is 20.8 Å². The molecule has 2 heterocycles. The Kier molecular flexibility index (Phi) is 8.72. The summed E-state index contributed by atoms with van der Waals surface area (Å²) in [5.74, 6) is 0.483. The van der Waals surface area contributed by atoms with Gasteiger partial charge in [-0.05, 0) is 56.9 Å². The molecule has 0 radical (unpaired) electrons. The normalized spacial score (nSPS) is 16.5. The minimum Gasteiger partial charge on any atom is -0.493 e. The fraction of sp³-hybridized carbons (Fsp3) is 0.480. The van der Waals surface area contributed by atoms with E-state index in [0.29, 0.717) is 52.1 Å². The fourth-order valence-electron chi connectivity index (χ4n) is 3.87. The Morgan fingerprint density at radius 2 is 1.77 bits per heavy atom. The standard InChI is InChI=1S/C25H30Cl2N2O6/c1-25(2,3)35-24(31)29-10-6-7-19(29)23(30)34-21(12-16-17(26)13-28-14-18(16)27)15-8-9-20(32-4)22(11-15)33-5/h8-9,11,13-14,19,21H,6-7,10,12H2,1-5H3/t19-,21-/m0/s1. The van der Waals surface area contributed by atoms with Gasteiger partial charge in [-0.3, -0.25) is 9.88 Å². The quantitative estimate of drug-likeness (QED) is 0.433. The third-order valence-electron chi connectivity index (χ3n) is 5.53. The maximum absolute atomic E-state index is 13.3. The summed E-state index contributed by atoms with van der Waals surface area (Å²) >= 11 is 12.7. The van der Waals surface area contributed by atoms with Gasteiger partial charge in [-0.15, -0.1) is 0 Å². The number of benzene rings is 1. The van der Waals surface area contributed by atoms with Crippen molar-refractivity contribution in [3.63, 3.8) is 0 Å². The van der Waals surface area contributed by atoms with Crippen molar-refractivity contribution in [2.24, 2.45) is 0 Å². The van der Waals surface area contributed by atoms with Crippen LogP contribution >= 0.6 is 23.2 Å². The summed E-state index contributed by atoms with van der Waals surface area (Å²) in [5, 5.41) is 0.713. The van der Waals surface area contributed by atoms with Crippen molar-refractivity contribution in [1.29, 1.82) is 0 Å². The van der Waals surface area contributed by atoms with Crippen LogP contribution in [0.4, 0.5) is 4.79 Å². The molecule has 0 N–H and O–H groups in total. The Balaban J connectivity index is 1.90. The lowest BCUT2D eigenvalue weighted by molar-refractivity contribution is -0.154. The molecule has 0 saturated carbocycles. The fourth-order valence-corrected chi connectivity index (χ4v) is 4.39. The van der Waals surface area contributed by atoms with Crippen LogP contribution in [-0.4, -0.2) is 54.4 Å². The van der Waals surface area contributed by atoms with Crippen molar-refractivity contribution >= 4 is 35.3 Å². The molecule has 2 atom stereocenters. The number of hydrogen-bond acceptors (Lipinski definition) is 7. The number of rotatable bonds is 7. The van der Waals surface area contributed by atoms with Crippen LogP contribution in [0.2, 0.25) is 10.0 Å². The second kappa shape index (κ2) is 11.4. The van der Waals surface area contributed by atoms with Crippen LogP contribution in [0.5, 0.6) is 11.5 Å². The maximum Gasteiger partial charge on any atom is 0.411 e. The molecular formula is C25H30Cl2N2O6. The Morgan fingerprint density at radius 3 is 2.37 bits per heavy atom. The Labute approximate surface area is 215 Å². The molecule has 35 heavy (non-hydrogen) atoms. The zero-order chi connectivity index (χ0) is 25.8. The van der Waals surface area contributed by atoms with Gasteiger partial charge in [0, 0.05) is 25.4 Å². The summed E-state index contributed by atoms with van der Waals surface area (Å²) < 4.78 is 22.2. The van der Waals surface area contributed by atoms with Gasteiger partial charge in [0.1, 0.15) is 17.7 Å². The number of methoxy groups -OCH3 is 2. The largest absolute Gasteiger partial charge is 0.493 e. The van der Waals surface area contributed by atoms with Gasteiger partial charge in [0.15, 0.2) is 11.5 Å². The summed E-state index contributed by atoms with van der Waals surface area (Å²) in [6, 6.07) is 4.49. The lowest BCUT2D eigenvalue weighted by Crippen LogP contribution is -2.44. The second-order valence-electron chi connectivity index (χ2n) is 9.16. The van der Waals surface area contributed by atoms with Crippen LogP contribution < -0.4 is 9.47 Å². The molecule has 0 unspecified atom stereocenters. The van der Waals surface area contributed by atoms with E-state index in [1.165, 1.54) is 31.5 Å². The van der Waals surface area contributed by atoms with E-state index in [-0.39, 0.29) is 6.42 Å². The van der Waals surface area contributed by atoms with Gasteiger partial charge < -0.3 is 18.9 Å². The van der Waals surface area contributed by atoms with Gasteiger partial charge in [-0.2, -0.15) is 0 Å². The number of halogens is 2. The summed E-state index contributed by atoms with van der Waals surface area (Å²) in [5.41, 5.74) is 0.568. The molecule has 0 spiro atoms. The molecule has 8 nitrogen and oxygen atoms in total. The SMILES string of the molecule is COc1ccc([C@H](Cc2c(Cl)cncc2Cl)OC(=O)[C@@H]2CCCN2C(=O)OC(C)(C)C)cc1OC. The van der Waals surface area contributed by atoms with Crippen LogP contribution in [0.1, 0.15) is 50.8 Å². The van der Waals surface area contributed by atoms with Gasteiger partial charge in [-0.1, -0.05) is 29.3 Å². The first-order chi connectivity index (χ1) is 16.5. The Bertz CT molecular complexity index is 1050. The summed E-state index contributed by atoms with van der Waals surface area (Å²) in [4.78, 5) is 31.4. The van der Waals surface area contributed by atoms with Gasteiger partial charge in [0.05, 0.1) is 24.3 Å². The average molecular weight is 525 g/mol. The molecule has 1 amide bonds. The molecule has 1 fully saturated rings. The molecule has 0 bridgehead atoms. The number of carbonyl (C=O) groups excluding carboxylic acids is 2. The van der Waals surface area contributed by atoms with Crippen molar-refractivity contribution in [3.05, 3.63) is 51.8 Å². The van der Waals surface area contributed by atoms with Crippen molar-refractivity contribution in [1.82, 2.24) is 9.88 Å². The highest BCUT2D eigenvalue weighted by atomic mass is 35.5. The molecule has 0 aliphatic carbocycles. The second-order valence-corrected chi connectivity index (χ2v) is 9.97. The van der Waals surface area contributed by atoms with Crippen molar-refractivity contribution < 1.29 is 28.5 Å². The van der Waals surface area contributed by atoms with E-state index in [4.69, 9.17) is 42.1 Å². The molecule has 1 aliphatic heterocycles. The van der Waals surface area contributed by atoms with Crippen LogP contribution in [0.15, 0.2) is 30.6 Å². The number of carbonyl (C=O) groups is 2. The number of amides is 1. The van der Waals surface area contributed by atoms with Gasteiger partial charge in [0.2, 0.25) is 0 Å². The maximum atomic E-state index is 13.3. The molecule has 190 valence electrons. The lowest BCUT2D eigenvalue weighted by atomic mass is 10.0. The van der Waals surface area contributed by atoms with Crippen LogP contribution in [0.25, 0.3) is 0 Å². The van der Waals surface area contributed by atoms with E-state index in [2.05, 4.69) is 4.98 Å². The zero-order valence-electron chi connectivity index (χ0n) is 20.5. The lowest BCUT2D eigenvalue weighted by Gasteiger charge is -2.29. The summed E-state index contributed by atoms with van der Waals surface area (Å²) in [7, 11) is 3.06. The molecule has 1 aliphatic rings. The average Bonchev–Trinajstić information content (AvgIpc) is 3.29. The highest BCUT2D eigenvalue weighted by Crippen LogP contribution is 2.36. The Hall–Kier alpha value is -2.71. The number of aromatic nitrogens is 1. The molecule has 10 heteroatoms. The number of likely N-dealkylation sites (tertiary alicyclic amines) is 1. The Morgan fingerprint density at radius 1 is 1.11 bits per heavy atom. The first-order valence-electron chi connectivity index (χ1n) is 11.2. The highest BCUT2D eigenvalue weighted by Gasteiger charge is 2.39. The van der Waals surface area contributed by atoms with Gasteiger partial charge >= 0.3 is 12.1 Å². The van der Waals surface area contributed by atoms with Crippen molar-refractivity contribution in [3.8, 4) is 11.5 Å². The first-order valence-corrected chi connectivity index (χ1v) is 12.0. The van der Waals surface area contributed by atoms with Crippen LogP contribution in [0.3, 0.4) is 0 Å². The molecule has 1 saturated heterocycles. The van der Waals surface area contributed by atoms with E-state index in [1.54, 1.807) is 39.0 Å². The number of ether oxygens (including phenoxy) is 4. The molecule has 1 aromatic heterocycles. The number of esters is 1. The predicted molar refractivity (Wildman–Crippen MR) is 132 cm³/mol. The van der Waals surface area contributed by atoms with Gasteiger partial charge in [-0.25, -0.2) is 9.59 Å². The molecule has 3 rings (SSSR count). The molecular weight excluding hydrogens is 495 g/mol. The van der Waals surface area contributed by atoms with E-state index >= 15 is 0 Å². The minimum atomic E-state index is -0.763. The number of nitrogens with zero attached hydrogens (tertiary/aromatic N) is 2. The molecule has 2 aromatic rings. The topological polar surface area (TPSA) is 87.2 Å². The van der Waals surface area contributed by atoms with E-state index in [9.17, 15) is 9.59 Å². The minimum absolute atomic E-state index is 0.195. The van der Waals surface area contributed by atoms with E-state index in [0.717, 1.165) is 0 Å².